The second-order valence-electron chi connectivity index (χ2n) is 5.66. The first-order valence-corrected chi connectivity index (χ1v) is 7.89. The Morgan fingerprint density at radius 1 is 1.45 bits per heavy atom. The summed E-state index contributed by atoms with van der Waals surface area (Å²) in [5.74, 6) is 0.193. The Hall–Kier alpha value is -0.840. The number of piperidine rings is 1. The summed E-state index contributed by atoms with van der Waals surface area (Å²) >= 11 is 6.01. The Kier molecular flexibility index (Phi) is 8.15. The molecule has 1 atom stereocenters. The molecule has 0 aromatic heterocycles. The van der Waals surface area contributed by atoms with E-state index < -0.39 is 6.04 Å². The lowest BCUT2D eigenvalue weighted by atomic mass is 9.93. The molecule has 0 aliphatic carbocycles. The van der Waals surface area contributed by atoms with Crippen molar-refractivity contribution >= 4 is 29.9 Å². The molecule has 124 valence electrons. The highest BCUT2D eigenvalue weighted by molar-refractivity contribution is 6.31. The van der Waals surface area contributed by atoms with E-state index >= 15 is 0 Å². The molecule has 2 rings (SSSR count). The normalized spacial score (nSPS) is 16.7. The molecule has 1 amide bonds. The van der Waals surface area contributed by atoms with Crippen LogP contribution in [0.3, 0.4) is 0 Å². The van der Waals surface area contributed by atoms with Crippen LogP contribution in [0.4, 0.5) is 4.39 Å². The average molecular weight is 349 g/mol. The summed E-state index contributed by atoms with van der Waals surface area (Å²) in [7, 11) is 0. The van der Waals surface area contributed by atoms with Gasteiger partial charge < -0.3 is 10.6 Å². The topological polar surface area (TPSA) is 41.1 Å². The molecule has 0 saturated carbocycles. The highest BCUT2D eigenvalue weighted by Crippen LogP contribution is 2.26. The van der Waals surface area contributed by atoms with Gasteiger partial charge in [0.05, 0.1) is 6.04 Å². The molecule has 0 spiro atoms. The van der Waals surface area contributed by atoms with E-state index in [2.05, 4.69) is 10.6 Å². The van der Waals surface area contributed by atoms with E-state index in [4.69, 9.17) is 11.6 Å². The monoisotopic (exact) mass is 348 g/mol. The van der Waals surface area contributed by atoms with Crippen LogP contribution >= 0.6 is 24.0 Å². The maximum Gasteiger partial charge on any atom is 0.220 e. The van der Waals surface area contributed by atoms with Crippen LogP contribution in [-0.2, 0) is 4.79 Å². The zero-order valence-electron chi connectivity index (χ0n) is 12.7. The molecule has 1 unspecified atom stereocenters. The van der Waals surface area contributed by atoms with Crippen LogP contribution in [0, 0.1) is 11.7 Å². The fourth-order valence-electron chi connectivity index (χ4n) is 2.82. The lowest BCUT2D eigenvalue weighted by Gasteiger charge is -2.22. The quantitative estimate of drug-likeness (QED) is 0.848. The SMILES string of the molecule is CC(NC(=O)CCC1CCNCC1)c1c(F)cccc1Cl.Cl. The molecule has 1 heterocycles. The molecule has 1 saturated heterocycles. The van der Waals surface area contributed by atoms with E-state index in [1.165, 1.54) is 6.07 Å². The summed E-state index contributed by atoms with van der Waals surface area (Å²) in [6.07, 6.45) is 3.64. The van der Waals surface area contributed by atoms with Crippen molar-refractivity contribution in [3.8, 4) is 0 Å². The van der Waals surface area contributed by atoms with E-state index in [-0.39, 0.29) is 24.1 Å². The number of carbonyl (C=O) groups is 1. The molecule has 0 radical (unpaired) electrons. The van der Waals surface area contributed by atoms with Crippen molar-refractivity contribution < 1.29 is 9.18 Å². The maximum atomic E-state index is 13.8. The van der Waals surface area contributed by atoms with Crippen molar-refractivity contribution in [3.05, 3.63) is 34.6 Å². The molecule has 1 aromatic rings. The summed E-state index contributed by atoms with van der Waals surface area (Å²) in [4.78, 5) is 12.0. The Labute approximate surface area is 142 Å². The van der Waals surface area contributed by atoms with Gasteiger partial charge >= 0.3 is 0 Å². The van der Waals surface area contributed by atoms with Gasteiger partial charge in [-0.25, -0.2) is 4.39 Å². The summed E-state index contributed by atoms with van der Waals surface area (Å²) in [5.41, 5.74) is 0.356. The number of amides is 1. The van der Waals surface area contributed by atoms with E-state index in [1.807, 2.05) is 0 Å². The van der Waals surface area contributed by atoms with Crippen LogP contribution in [0.5, 0.6) is 0 Å². The number of hydrogen-bond acceptors (Lipinski definition) is 2. The fourth-order valence-corrected chi connectivity index (χ4v) is 3.14. The van der Waals surface area contributed by atoms with Gasteiger partial charge in [0.1, 0.15) is 5.82 Å². The first-order valence-electron chi connectivity index (χ1n) is 7.52. The third kappa shape index (κ3) is 5.41. The van der Waals surface area contributed by atoms with Crippen molar-refractivity contribution in [2.75, 3.05) is 13.1 Å². The number of hydrogen-bond donors (Lipinski definition) is 2. The van der Waals surface area contributed by atoms with Gasteiger partial charge in [-0.1, -0.05) is 17.7 Å². The van der Waals surface area contributed by atoms with Gasteiger partial charge in [-0.15, -0.1) is 12.4 Å². The summed E-state index contributed by atoms with van der Waals surface area (Å²) < 4.78 is 13.8. The zero-order chi connectivity index (χ0) is 15.2. The molecule has 3 nitrogen and oxygen atoms in total. The van der Waals surface area contributed by atoms with Crippen LogP contribution in [0.15, 0.2) is 18.2 Å². The molecule has 1 aliphatic heterocycles. The first kappa shape index (κ1) is 19.2. The smallest absolute Gasteiger partial charge is 0.220 e. The molecule has 1 aliphatic rings. The van der Waals surface area contributed by atoms with E-state index in [9.17, 15) is 9.18 Å². The van der Waals surface area contributed by atoms with Gasteiger partial charge in [-0.05, 0) is 57.3 Å². The van der Waals surface area contributed by atoms with Crippen molar-refractivity contribution in [3.63, 3.8) is 0 Å². The van der Waals surface area contributed by atoms with Gasteiger partial charge in [-0.2, -0.15) is 0 Å². The maximum absolute atomic E-state index is 13.8. The Bertz CT molecular complexity index is 473. The molecule has 1 fully saturated rings. The van der Waals surface area contributed by atoms with Crippen LogP contribution < -0.4 is 10.6 Å². The lowest BCUT2D eigenvalue weighted by Crippen LogP contribution is -2.30. The standard InChI is InChI=1S/C16H22ClFN2O.ClH/c1-11(16-13(17)3-2-4-14(16)18)20-15(21)6-5-12-7-9-19-10-8-12;/h2-4,11-12,19H,5-10H2,1H3,(H,20,21);1H. The van der Waals surface area contributed by atoms with Gasteiger partial charge in [0.2, 0.25) is 5.91 Å². The number of nitrogens with one attached hydrogen (secondary N) is 2. The van der Waals surface area contributed by atoms with Crippen molar-refractivity contribution in [1.29, 1.82) is 0 Å². The third-order valence-corrected chi connectivity index (χ3v) is 4.38. The number of rotatable bonds is 5. The average Bonchev–Trinajstić information content (AvgIpc) is 2.46. The zero-order valence-corrected chi connectivity index (χ0v) is 14.3. The summed E-state index contributed by atoms with van der Waals surface area (Å²) in [5, 5.41) is 6.50. The molecule has 22 heavy (non-hydrogen) atoms. The third-order valence-electron chi connectivity index (χ3n) is 4.05. The minimum absolute atomic E-state index is 0. The minimum Gasteiger partial charge on any atom is -0.349 e. The second-order valence-corrected chi connectivity index (χ2v) is 6.06. The van der Waals surface area contributed by atoms with E-state index in [1.54, 1.807) is 19.1 Å². The molecule has 6 heteroatoms. The largest absolute Gasteiger partial charge is 0.349 e. The highest BCUT2D eigenvalue weighted by Gasteiger charge is 2.18. The highest BCUT2D eigenvalue weighted by atomic mass is 35.5. The van der Waals surface area contributed by atoms with E-state index in [0.29, 0.717) is 22.9 Å². The van der Waals surface area contributed by atoms with Gasteiger partial charge in [0.25, 0.3) is 0 Å². The Morgan fingerprint density at radius 3 is 2.77 bits per heavy atom. The number of benzene rings is 1. The lowest BCUT2D eigenvalue weighted by molar-refractivity contribution is -0.122. The first-order chi connectivity index (χ1) is 10.1. The van der Waals surface area contributed by atoms with Crippen LogP contribution in [-0.4, -0.2) is 19.0 Å². The van der Waals surface area contributed by atoms with Crippen molar-refractivity contribution in [2.24, 2.45) is 5.92 Å². The molecular weight excluding hydrogens is 326 g/mol. The predicted octanol–water partition coefficient (Wildman–Crippen LogP) is 3.86. The van der Waals surface area contributed by atoms with Gasteiger partial charge in [0.15, 0.2) is 0 Å². The Balaban J connectivity index is 0.00000242. The fraction of sp³-hybridized carbons (Fsp3) is 0.562. The Morgan fingerprint density at radius 2 is 2.14 bits per heavy atom. The van der Waals surface area contributed by atoms with Crippen LogP contribution in [0.1, 0.15) is 44.2 Å². The molecule has 0 bridgehead atoms. The van der Waals surface area contributed by atoms with Gasteiger partial charge in [0, 0.05) is 17.0 Å². The van der Waals surface area contributed by atoms with Crippen molar-refractivity contribution in [2.45, 2.75) is 38.6 Å². The predicted molar refractivity (Wildman–Crippen MR) is 90.0 cm³/mol. The molecule has 1 aromatic carbocycles. The van der Waals surface area contributed by atoms with Crippen LogP contribution in [0.2, 0.25) is 5.02 Å². The minimum atomic E-state index is -0.417. The van der Waals surface area contributed by atoms with E-state index in [0.717, 1.165) is 32.4 Å². The van der Waals surface area contributed by atoms with Crippen LogP contribution in [0.25, 0.3) is 0 Å². The number of halogens is 3. The summed E-state index contributed by atoms with van der Waals surface area (Å²) in [6.45, 7) is 3.83. The molecule has 2 N–H and O–H groups in total. The second kappa shape index (κ2) is 9.33. The van der Waals surface area contributed by atoms with Gasteiger partial charge in [-0.3, -0.25) is 4.79 Å². The number of carbonyl (C=O) groups excluding carboxylic acids is 1. The molecular formula is C16H23Cl2FN2O. The van der Waals surface area contributed by atoms with Crippen molar-refractivity contribution in [1.82, 2.24) is 10.6 Å². The summed E-state index contributed by atoms with van der Waals surface area (Å²) in [6, 6.07) is 4.14.